The third-order valence-electron chi connectivity index (χ3n) is 4.45. The van der Waals surface area contributed by atoms with Crippen LogP contribution < -0.4 is 4.90 Å². The number of benzene rings is 1. The number of nitrogens with zero attached hydrogens (tertiary/aromatic N) is 2. The van der Waals surface area contributed by atoms with Gasteiger partial charge in [0.05, 0.1) is 17.0 Å². The zero-order valence-electron chi connectivity index (χ0n) is 13.2. The Morgan fingerprint density at radius 1 is 1.16 bits per heavy atom. The molecule has 5 nitrogen and oxygen atoms in total. The predicted molar refractivity (Wildman–Crippen MR) is 98.6 cm³/mol. The van der Waals surface area contributed by atoms with Gasteiger partial charge in [-0.3, -0.25) is 14.4 Å². The average Bonchev–Trinajstić information content (AvgIpc) is 3.18. The van der Waals surface area contributed by atoms with Gasteiger partial charge in [0, 0.05) is 10.5 Å². The predicted octanol–water partition coefficient (Wildman–Crippen LogP) is 3.45. The minimum Gasteiger partial charge on any atom is -0.322 e. The smallest absolute Gasteiger partial charge is 0.264 e. The van der Waals surface area contributed by atoms with Gasteiger partial charge in [-0.1, -0.05) is 22.0 Å². The van der Waals surface area contributed by atoms with Crippen molar-refractivity contribution >= 4 is 50.7 Å². The van der Waals surface area contributed by atoms with Gasteiger partial charge in [-0.25, -0.2) is 4.90 Å². The van der Waals surface area contributed by atoms with Crippen molar-refractivity contribution in [2.45, 2.75) is 31.3 Å². The minimum atomic E-state index is -0.710. The molecule has 0 bridgehead atoms. The highest BCUT2D eigenvalue weighted by Gasteiger charge is 2.49. The van der Waals surface area contributed by atoms with E-state index < -0.39 is 6.04 Å². The number of hydrogen-bond acceptors (Lipinski definition) is 4. The molecule has 2 heterocycles. The number of anilines is 1. The van der Waals surface area contributed by atoms with E-state index in [2.05, 4.69) is 15.9 Å². The lowest BCUT2D eigenvalue weighted by Crippen LogP contribution is -2.46. The van der Waals surface area contributed by atoms with Crippen LogP contribution in [0.1, 0.15) is 28.9 Å². The summed E-state index contributed by atoms with van der Waals surface area (Å²) < 4.78 is 0.874. The summed E-state index contributed by atoms with van der Waals surface area (Å²) in [6, 6.07) is 9.96. The standard InChI is InChI=1S/C18H15BrN2O3S/c19-11-3-5-13(6-4-11)21-16(22)10-14(17(21)23)20(12-7-8-12)18(24)15-2-1-9-25-15/h1-6,9,12,14H,7-8,10H2. The van der Waals surface area contributed by atoms with Crippen molar-refractivity contribution in [3.8, 4) is 0 Å². The number of carbonyl (C=O) groups excluding carboxylic acids is 3. The quantitative estimate of drug-likeness (QED) is 0.714. The number of halogens is 1. The van der Waals surface area contributed by atoms with Crippen LogP contribution in [0.15, 0.2) is 46.3 Å². The first-order valence-corrected chi connectivity index (χ1v) is 9.72. The van der Waals surface area contributed by atoms with Crippen LogP contribution in [0.4, 0.5) is 5.69 Å². The molecule has 128 valence electrons. The minimum absolute atomic E-state index is 0.0442. The number of carbonyl (C=O) groups is 3. The Morgan fingerprint density at radius 2 is 1.88 bits per heavy atom. The van der Waals surface area contributed by atoms with Gasteiger partial charge in [-0.15, -0.1) is 11.3 Å². The van der Waals surface area contributed by atoms with Gasteiger partial charge in [-0.05, 0) is 48.6 Å². The van der Waals surface area contributed by atoms with Crippen LogP contribution >= 0.6 is 27.3 Å². The number of imide groups is 1. The number of rotatable bonds is 4. The highest BCUT2D eigenvalue weighted by molar-refractivity contribution is 9.10. The first-order valence-electron chi connectivity index (χ1n) is 8.05. The van der Waals surface area contributed by atoms with Gasteiger partial charge in [0.2, 0.25) is 5.91 Å². The first-order chi connectivity index (χ1) is 12.1. The number of thiophene rings is 1. The van der Waals surface area contributed by atoms with E-state index in [-0.39, 0.29) is 30.2 Å². The topological polar surface area (TPSA) is 57.7 Å². The van der Waals surface area contributed by atoms with Crippen LogP contribution in [0.25, 0.3) is 0 Å². The molecule has 1 aliphatic carbocycles. The fourth-order valence-corrected chi connectivity index (χ4v) is 4.07. The van der Waals surface area contributed by atoms with Gasteiger partial charge in [0.1, 0.15) is 6.04 Å². The molecule has 0 spiro atoms. The Balaban J connectivity index is 1.63. The van der Waals surface area contributed by atoms with E-state index in [9.17, 15) is 14.4 Å². The van der Waals surface area contributed by atoms with Crippen LogP contribution in [0.3, 0.4) is 0 Å². The second kappa shape index (κ2) is 6.38. The van der Waals surface area contributed by atoms with Gasteiger partial charge in [0.15, 0.2) is 0 Å². The lowest BCUT2D eigenvalue weighted by molar-refractivity contribution is -0.122. The monoisotopic (exact) mass is 418 g/mol. The first kappa shape index (κ1) is 16.5. The molecular weight excluding hydrogens is 404 g/mol. The van der Waals surface area contributed by atoms with Crippen LogP contribution in [0, 0.1) is 0 Å². The van der Waals surface area contributed by atoms with Crippen LogP contribution in [0.5, 0.6) is 0 Å². The molecular formula is C18H15BrN2O3S. The van der Waals surface area contributed by atoms with Crippen molar-refractivity contribution in [3.63, 3.8) is 0 Å². The Kier molecular flexibility index (Phi) is 4.21. The normalized spacial score (nSPS) is 20.2. The Hall–Kier alpha value is -1.99. The van der Waals surface area contributed by atoms with E-state index >= 15 is 0 Å². The molecule has 1 aromatic heterocycles. The van der Waals surface area contributed by atoms with E-state index in [1.165, 1.54) is 16.2 Å². The average molecular weight is 419 g/mol. The van der Waals surface area contributed by atoms with Crippen molar-refractivity contribution in [1.82, 2.24) is 4.90 Å². The van der Waals surface area contributed by atoms with E-state index in [4.69, 9.17) is 0 Å². The molecule has 1 unspecified atom stereocenters. The summed E-state index contributed by atoms with van der Waals surface area (Å²) in [7, 11) is 0. The molecule has 4 rings (SSSR count). The molecule has 25 heavy (non-hydrogen) atoms. The molecule has 1 aromatic carbocycles. The van der Waals surface area contributed by atoms with Gasteiger partial charge >= 0.3 is 0 Å². The Bertz CT molecular complexity index is 831. The summed E-state index contributed by atoms with van der Waals surface area (Å²) in [5.41, 5.74) is 0.542. The molecule has 1 saturated heterocycles. The maximum absolute atomic E-state index is 13.0. The van der Waals surface area contributed by atoms with Gasteiger partial charge < -0.3 is 4.90 Å². The Morgan fingerprint density at radius 3 is 2.48 bits per heavy atom. The second-order valence-electron chi connectivity index (χ2n) is 6.18. The molecule has 0 radical (unpaired) electrons. The molecule has 3 amide bonds. The van der Waals surface area contributed by atoms with Crippen molar-refractivity contribution in [2.75, 3.05) is 4.90 Å². The van der Waals surface area contributed by atoms with Crippen LogP contribution in [-0.2, 0) is 9.59 Å². The summed E-state index contributed by atoms with van der Waals surface area (Å²) >= 11 is 4.71. The van der Waals surface area contributed by atoms with Crippen molar-refractivity contribution < 1.29 is 14.4 Å². The fourth-order valence-electron chi connectivity index (χ4n) is 3.14. The lowest BCUT2D eigenvalue weighted by atomic mass is 10.2. The summed E-state index contributed by atoms with van der Waals surface area (Å²) in [4.78, 5) is 41.7. The molecule has 2 aliphatic rings. The van der Waals surface area contributed by atoms with Crippen LogP contribution in [0.2, 0.25) is 0 Å². The third kappa shape index (κ3) is 3.02. The molecule has 2 fully saturated rings. The maximum Gasteiger partial charge on any atom is 0.264 e. The lowest BCUT2D eigenvalue weighted by Gasteiger charge is -2.27. The molecule has 1 saturated carbocycles. The highest BCUT2D eigenvalue weighted by atomic mass is 79.9. The largest absolute Gasteiger partial charge is 0.322 e. The summed E-state index contributed by atoms with van der Waals surface area (Å²) in [6.07, 6.45) is 1.81. The van der Waals surface area contributed by atoms with Gasteiger partial charge in [-0.2, -0.15) is 0 Å². The van der Waals surface area contributed by atoms with E-state index in [0.717, 1.165) is 17.3 Å². The SMILES string of the molecule is O=C1CC(N(C(=O)c2cccs2)C2CC2)C(=O)N1c1ccc(Br)cc1. The Labute approximate surface area is 157 Å². The molecule has 0 N–H and O–H groups in total. The third-order valence-corrected chi connectivity index (χ3v) is 5.84. The molecule has 2 aromatic rings. The number of hydrogen-bond donors (Lipinski definition) is 0. The highest BCUT2D eigenvalue weighted by Crippen LogP contribution is 2.35. The maximum atomic E-state index is 13.0. The van der Waals surface area contributed by atoms with Crippen molar-refractivity contribution in [3.05, 3.63) is 51.1 Å². The van der Waals surface area contributed by atoms with Crippen LogP contribution in [-0.4, -0.2) is 34.7 Å². The zero-order chi connectivity index (χ0) is 17.6. The van der Waals surface area contributed by atoms with E-state index in [1.807, 2.05) is 11.4 Å². The van der Waals surface area contributed by atoms with E-state index in [1.54, 1.807) is 35.2 Å². The summed E-state index contributed by atoms with van der Waals surface area (Å²) in [6.45, 7) is 0. The van der Waals surface area contributed by atoms with Gasteiger partial charge in [0.25, 0.3) is 11.8 Å². The zero-order valence-corrected chi connectivity index (χ0v) is 15.6. The summed E-state index contributed by atoms with van der Waals surface area (Å²) in [5.74, 6) is -0.729. The molecule has 1 aliphatic heterocycles. The second-order valence-corrected chi connectivity index (χ2v) is 8.05. The molecule has 1 atom stereocenters. The molecule has 7 heteroatoms. The number of amides is 3. The fraction of sp³-hybridized carbons (Fsp3) is 0.278. The van der Waals surface area contributed by atoms with E-state index in [0.29, 0.717) is 10.6 Å². The van der Waals surface area contributed by atoms with Crippen molar-refractivity contribution in [1.29, 1.82) is 0 Å². The van der Waals surface area contributed by atoms with Crippen molar-refractivity contribution in [2.24, 2.45) is 0 Å². The summed E-state index contributed by atoms with van der Waals surface area (Å²) in [5, 5.41) is 1.84.